The fraction of sp³-hybridized carbons (Fsp3) is 0.188. The van der Waals surface area contributed by atoms with E-state index < -0.39 is 0 Å². The summed E-state index contributed by atoms with van der Waals surface area (Å²) in [6.07, 6.45) is 0.438. The van der Waals surface area contributed by atoms with Crippen LogP contribution in [0.1, 0.15) is 27.0 Å². The fourth-order valence-corrected chi connectivity index (χ4v) is 2.02. The molecule has 2 aromatic rings. The summed E-state index contributed by atoms with van der Waals surface area (Å²) in [4.78, 5) is 12.2. The predicted molar refractivity (Wildman–Crippen MR) is 75.4 cm³/mol. The highest BCUT2D eigenvalue weighted by atomic mass is 35.5. The van der Waals surface area contributed by atoms with Crippen LogP contribution < -0.4 is 0 Å². The molecule has 2 rings (SSSR count). The van der Waals surface area contributed by atoms with Crippen LogP contribution in [0.3, 0.4) is 0 Å². The monoisotopic (exact) mass is 258 g/mol. The number of carbonyl (C=O) groups excluding carboxylic acids is 1. The summed E-state index contributed by atoms with van der Waals surface area (Å²) in [5, 5.41) is 0.697. The summed E-state index contributed by atoms with van der Waals surface area (Å²) in [7, 11) is 0. The van der Waals surface area contributed by atoms with E-state index in [1.807, 2.05) is 44.2 Å². The van der Waals surface area contributed by atoms with Crippen molar-refractivity contribution in [3.05, 3.63) is 69.7 Å². The molecule has 0 heterocycles. The zero-order valence-corrected chi connectivity index (χ0v) is 11.3. The van der Waals surface area contributed by atoms with Crippen LogP contribution in [0.15, 0.2) is 42.5 Å². The molecule has 0 saturated heterocycles. The molecule has 0 bridgehead atoms. The van der Waals surface area contributed by atoms with Gasteiger partial charge in [0.2, 0.25) is 0 Å². The van der Waals surface area contributed by atoms with E-state index in [0.717, 1.165) is 22.3 Å². The van der Waals surface area contributed by atoms with Crippen LogP contribution in [0.25, 0.3) is 0 Å². The fourth-order valence-electron chi connectivity index (χ4n) is 1.90. The van der Waals surface area contributed by atoms with Crippen molar-refractivity contribution < 1.29 is 4.79 Å². The Bertz CT molecular complexity index is 587. The van der Waals surface area contributed by atoms with Crippen molar-refractivity contribution in [1.29, 1.82) is 0 Å². The normalized spacial score (nSPS) is 10.4. The van der Waals surface area contributed by atoms with Crippen LogP contribution in [-0.2, 0) is 6.42 Å². The third-order valence-electron chi connectivity index (χ3n) is 3.09. The lowest BCUT2D eigenvalue weighted by Gasteiger charge is -2.06. The van der Waals surface area contributed by atoms with Crippen molar-refractivity contribution in [2.24, 2.45) is 0 Å². The summed E-state index contributed by atoms with van der Waals surface area (Å²) in [6.45, 7) is 3.93. The molecule has 0 aliphatic carbocycles. The Morgan fingerprint density at radius 3 is 2.44 bits per heavy atom. The number of ketones is 1. The van der Waals surface area contributed by atoms with E-state index in [4.69, 9.17) is 11.6 Å². The second-order valence-corrected chi connectivity index (χ2v) is 4.90. The summed E-state index contributed by atoms with van der Waals surface area (Å²) < 4.78 is 0. The third-order valence-corrected chi connectivity index (χ3v) is 3.52. The lowest BCUT2D eigenvalue weighted by molar-refractivity contribution is 0.0992. The summed E-state index contributed by atoms with van der Waals surface area (Å²) in [5.74, 6) is 0.129. The number of hydrogen-bond donors (Lipinski definition) is 0. The minimum atomic E-state index is 0.129. The maximum Gasteiger partial charge on any atom is 0.167 e. The van der Waals surface area contributed by atoms with E-state index in [2.05, 4.69) is 0 Å². The summed E-state index contributed by atoms with van der Waals surface area (Å²) >= 11 is 5.96. The Kier molecular flexibility index (Phi) is 3.83. The van der Waals surface area contributed by atoms with Gasteiger partial charge >= 0.3 is 0 Å². The van der Waals surface area contributed by atoms with Crippen LogP contribution >= 0.6 is 11.6 Å². The molecule has 0 fully saturated rings. The molecule has 0 atom stereocenters. The molecule has 18 heavy (non-hydrogen) atoms. The highest BCUT2D eigenvalue weighted by molar-refractivity contribution is 6.31. The molecule has 0 aromatic heterocycles. The number of rotatable bonds is 3. The Balaban J connectivity index is 2.22. The largest absolute Gasteiger partial charge is 0.294 e. The number of benzene rings is 2. The van der Waals surface area contributed by atoms with Gasteiger partial charge in [-0.1, -0.05) is 35.9 Å². The van der Waals surface area contributed by atoms with Crippen LogP contribution in [0, 0.1) is 13.8 Å². The molecule has 0 N–H and O–H groups in total. The number of carbonyl (C=O) groups is 1. The van der Waals surface area contributed by atoms with Crippen molar-refractivity contribution in [1.82, 2.24) is 0 Å². The van der Waals surface area contributed by atoms with E-state index in [1.165, 1.54) is 0 Å². The van der Waals surface area contributed by atoms with Gasteiger partial charge < -0.3 is 0 Å². The Morgan fingerprint density at radius 1 is 1.06 bits per heavy atom. The number of hydrogen-bond acceptors (Lipinski definition) is 1. The molecule has 2 aromatic carbocycles. The molecule has 0 amide bonds. The van der Waals surface area contributed by atoms with E-state index in [-0.39, 0.29) is 5.78 Å². The average molecular weight is 259 g/mol. The van der Waals surface area contributed by atoms with Gasteiger partial charge in [0.25, 0.3) is 0 Å². The second kappa shape index (κ2) is 5.36. The molecule has 0 radical (unpaired) electrons. The maximum atomic E-state index is 12.2. The summed E-state index contributed by atoms with van der Waals surface area (Å²) in [5.41, 5.74) is 3.89. The topological polar surface area (TPSA) is 17.1 Å². The van der Waals surface area contributed by atoms with Gasteiger partial charge in [-0.25, -0.2) is 0 Å². The van der Waals surface area contributed by atoms with Gasteiger partial charge in [0.1, 0.15) is 0 Å². The first-order chi connectivity index (χ1) is 8.58. The van der Waals surface area contributed by atoms with Gasteiger partial charge in [0.15, 0.2) is 5.78 Å². The molecular weight excluding hydrogens is 244 g/mol. The van der Waals surface area contributed by atoms with Crippen molar-refractivity contribution in [2.75, 3.05) is 0 Å². The van der Waals surface area contributed by atoms with Gasteiger partial charge in [0, 0.05) is 17.0 Å². The summed E-state index contributed by atoms with van der Waals surface area (Å²) in [6, 6.07) is 13.4. The molecule has 0 unspecified atom stereocenters. The Morgan fingerprint density at radius 2 is 1.78 bits per heavy atom. The third kappa shape index (κ3) is 2.80. The average Bonchev–Trinajstić information content (AvgIpc) is 2.35. The Hall–Kier alpha value is -1.60. The van der Waals surface area contributed by atoms with E-state index in [1.54, 1.807) is 12.1 Å². The second-order valence-electron chi connectivity index (χ2n) is 4.49. The smallest absolute Gasteiger partial charge is 0.167 e. The van der Waals surface area contributed by atoms with Gasteiger partial charge in [-0.2, -0.15) is 0 Å². The first-order valence-electron chi connectivity index (χ1n) is 5.92. The molecular formula is C16H15ClO. The molecule has 92 valence electrons. The lowest BCUT2D eigenvalue weighted by atomic mass is 9.99. The van der Waals surface area contributed by atoms with Gasteiger partial charge in [-0.3, -0.25) is 4.79 Å². The Labute approximate surface area is 112 Å². The van der Waals surface area contributed by atoms with Crippen LogP contribution in [0.4, 0.5) is 0 Å². The van der Waals surface area contributed by atoms with E-state index >= 15 is 0 Å². The minimum Gasteiger partial charge on any atom is -0.294 e. The molecule has 2 heteroatoms. The maximum absolute atomic E-state index is 12.2. The number of aryl methyl sites for hydroxylation is 2. The highest BCUT2D eigenvalue weighted by Gasteiger charge is 2.09. The van der Waals surface area contributed by atoms with Crippen molar-refractivity contribution in [3.8, 4) is 0 Å². The van der Waals surface area contributed by atoms with Crippen LogP contribution in [0.2, 0.25) is 5.02 Å². The molecule has 1 nitrogen and oxygen atoms in total. The quantitative estimate of drug-likeness (QED) is 0.747. The van der Waals surface area contributed by atoms with Gasteiger partial charge in [-0.05, 0) is 48.7 Å². The SMILES string of the molecule is Cc1cc(C(=O)Cc2ccccc2C)ccc1Cl. The highest BCUT2D eigenvalue weighted by Crippen LogP contribution is 2.18. The first-order valence-corrected chi connectivity index (χ1v) is 6.29. The zero-order chi connectivity index (χ0) is 13.1. The van der Waals surface area contributed by atoms with E-state index in [0.29, 0.717) is 11.4 Å². The number of halogens is 1. The molecule has 0 saturated carbocycles. The number of Topliss-reactive ketones (excluding diaryl/α,β-unsaturated/α-hetero) is 1. The van der Waals surface area contributed by atoms with Crippen molar-refractivity contribution in [3.63, 3.8) is 0 Å². The first kappa shape index (κ1) is 12.8. The van der Waals surface area contributed by atoms with Crippen molar-refractivity contribution in [2.45, 2.75) is 20.3 Å². The van der Waals surface area contributed by atoms with Crippen LogP contribution in [-0.4, -0.2) is 5.78 Å². The lowest BCUT2D eigenvalue weighted by Crippen LogP contribution is -2.05. The molecule has 0 aliphatic heterocycles. The standard InChI is InChI=1S/C16H15ClO/c1-11-5-3-4-6-13(11)10-16(18)14-7-8-15(17)12(2)9-14/h3-9H,10H2,1-2H3. The minimum absolute atomic E-state index is 0.129. The molecule has 0 spiro atoms. The zero-order valence-electron chi connectivity index (χ0n) is 10.5. The van der Waals surface area contributed by atoms with Gasteiger partial charge in [0.05, 0.1) is 0 Å². The van der Waals surface area contributed by atoms with Gasteiger partial charge in [-0.15, -0.1) is 0 Å². The predicted octanol–water partition coefficient (Wildman–Crippen LogP) is 4.38. The van der Waals surface area contributed by atoms with Crippen LogP contribution in [0.5, 0.6) is 0 Å². The van der Waals surface area contributed by atoms with Crippen molar-refractivity contribution >= 4 is 17.4 Å². The van der Waals surface area contributed by atoms with E-state index in [9.17, 15) is 4.79 Å². The molecule has 0 aliphatic rings.